The lowest BCUT2D eigenvalue weighted by Crippen LogP contribution is -1.73. The maximum atomic E-state index is 2.99. The first-order chi connectivity index (χ1) is 4.50. The molecule has 0 aliphatic heterocycles. The van der Waals surface area contributed by atoms with Gasteiger partial charge in [0.25, 0.3) is 0 Å². The average Bonchev–Trinajstić information content (AvgIpc) is 2.07. The molecule has 1 saturated carbocycles. The zero-order valence-electron chi connectivity index (χ0n) is 6.03. The van der Waals surface area contributed by atoms with Gasteiger partial charge in [0, 0.05) is 0 Å². The molecule has 0 heterocycles. The highest BCUT2D eigenvalue weighted by Crippen LogP contribution is 2.15. The third-order valence-electron chi connectivity index (χ3n) is 1.83. The van der Waals surface area contributed by atoms with E-state index in [1.165, 1.54) is 44.9 Å². The molecular formula is C9H15. The predicted molar refractivity (Wildman–Crippen MR) is 40.1 cm³/mol. The van der Waals surface area contributed by atoms with Gasteiger partial charge >= 0.3 is 0 Å². The molecule has 9 heavy (non-hydrogen) atoms. The Bertz CT molecular complexity index is 64.4. The molecule has 0 aromatic carbocycles. The van der Waals surface area contributed by atoms with Crippen molar-refractivity contribution in [3.05, 3.63) is 12.2 Å². The van der Waals surface area contributed by atoms with Crippen molar-refractivity contribution in [3.8, 4) is 0 Å². The van der Waals surface area contributed by atoms with Crippen LogP contribution in [0.2, 0.25) is 0 Å². The van der Waals surface area contributed by atoms with E-state index in [2.05, 4.69) is 12.2 Å². The molecule has 51 valence electrons. The second-order valence-corrected chi connectivity index (χ2v) is 2.71. The molecule has 2 aliphatic rings. The van der Waals surface area contributed by atoms with E-state index in [1.807, 2.05) is 0 Å². The summed E-state index contributed by atoms with van der Waals surface area (Å²) in [5.41, 5.74) is 0. The van der Waals surface area contributed by atoms with Crippen LogP contribution in [0, 0.1) is 6.08 Å². The molecule has 0 saturated heterocycles. The normalized spacial score (nSPS) is 22.2. The minimum absolute atomic E-state index is 1.19. The van der Waals surface area contributed by atoms with Crippen molar-refractivity contribution in [2.45, 2.75) is 44.9 Å². The molecule has 0 atom stereocenters. The van der Waals surface area contributed by atoms with E-state index < -0.39 is 0 Å². The van der Waals surface area contributed by atoms with Gasteiger partial charge in [-0.3, -0.25) is 0 Å². The van der Waals surface area contributed by atoms with Gasteiger partial charge in [0.05, 0.1) is 0 Å². The molecule has 1 fully saturated rings. The van der Waals surface area contributed by atoms with Crippen LogP contribution in [-0.4, -0.2) is 0 Å². The van der Waals surface area contributed by atoms with E-state index >= 15 is 0 Å². The first kappa shape index (κ1) is 6.85. The van der Waals surface area contributed by atoms with Crippen molar-refractivity contribution >= 4 is 0 Å². The third-order valence-corrected chi connectivity index (χ3v) is 1.83. The molecule has 0 bridgehead atoms. The zero-order chi connectivity index (χ0) is 6.36. The standard InChI is InChI=1S/C5H10.C4H5/c1-2-4-5-3-1;1-2-4-3-1/h1-5H2;1H,2,4H2. The molecule has 0 spiro atoms. The van der Waals surface area contributed by atoms with Crippen molar-refractivity contribution < 1.29 is 0 Å². The Morgan fingerprint density at radius 2 is 1.11 bits per heavy atom. The van der Waals surface area contributed by atoms with Crippen LogP contribution >= 0.6 is 0 Å². The summed E-state index contributed by atoms with van der Waals surface area (Å²) in [6.07, 6.45) is 15.0. The first-order valence-electron chi connectivity index (χ1n) is 4.05. The Balaban J connectivity index is 0.0000000922. The van der Waals surface area contributed by atoms with Gasteiger partial charge in [-0.05, 0) is 18.9 Å². The molecule has 2 aliphatic carbocycles. The van der Waals surface area contributed by atoms with Crippen molar-refractivity contribution in [1.29, 1.82) is 0 Å². The van der Waals surface area contributed by atoms with Gasteiger partial charge in [-0.25, -0.2) is 0 Å². The van der Waals surface area contributed by atoms with Gasteiger partial charge in [0.1, 0.15) is 0 Å². The summed E-state index contributed by atoms with van der Waals surface area (Å²) in [4.78, 5) is 0. The van der Waals surface area contributed by atoms with Crippen LogP contribution in [0.15, 0.2) is 6.08 Å². The smallest absolute Gasteiger partial charge is 0.0244 e. The lowest BCUT2D eigenvalue weighted by molar-refractivity contribution is 0.886. The summed E-state index contributed by atoms with van der Waals surface area (Å²) in [5, 5.41) is 0. The topological polar surface area (TPSA) is 0 Å². The second-order valence-electron chi connectivity index (χ2n) is 2.71. The molecule has 0 heteroatoms. The van der Waals surface area contributed by atoms with Crippen LogP contribution in [0.1, 0.15) is 44.9 Å². The Morgan fingerprint density at radius 1 is 0.889 bits per heavy atom. The first-order valence-corrected chi connectivity index (χ1v) is 4.05. The van der Waals surface area contributed by atoms with Crippen LogP contribution in [0.4, 0.5) is 0 Å². The van der Waals surface area contributed by atoms with E-state index in [1.54, 1.807) is 0 Å². The Hall–Kier alpha value is -0.260. The monoisotopic (exact) mass is 123 g/mol. The lowest BCUT2D eigenvalue weighted by atomic mass is 10.1. The van der Waals surface area contributed by atoms with Gasteiger partial charge in [-0.2, -0.15) is 0 Å². The number of hydrogen-bond donors (Lipinski definition) is 0. The Labute approximate surface area is 58.0 Å². The molecule has 0 unspecified atom stereocenters. The van der Waals surface area contributed by atoms with Gasteiger partial charge in [-0.1, -0.05) is 38.2 Å². The molecule has 0 nitrogen and oxygen atoms in total. The number of rotatable bonds is 0. The van der Waals surface area contributed by atoms with Gasteiger partial charge in [0.15, 0.2) is 0 Å². The highest BCUT2D eigenvalue weighted by atomic mass is 14.0. The van der Waals surface area contributed by atoms with Crippen LogP contribution in [0.25, 0.3) is 0 Å². The molecule has 0 aromatic rings. The Morgan fingerprint density at radius 3 is 1.22 bits per heavy atom. The highest BCUT2D eigenvalue weighted by Gasteiger charge is 1.95. The van der Waals surface area contributed by atoms with Crippen molar-refractivity contribution in [3.63, 3.8) is 0 Å². The van der Waals surface area contributed by atoms with E-state index in [-0.39, 0.29) is 0 Å². The predicted octanol–water partition coefficient (Wildman–Crippen LogP) is 3.09. The largest absolute Gasteiger partial charge is 0.0807 e. The summed E-state index contributed by atoms with van der Waals surface area (Å²) in [6, 6.07) is 0. The zero-order valence-corrected chi connectivity index (χ0v) is 6.03. The minimum atomic E-state index is 1.19. The molecule has 0 N–H and O–H groups in total. The van der Waals surface area contributed by atoms with E-state index in [0.29, 0.717) is 0 Å². The molecule has 1 radical (unpaired) electrons. The lowest BCUT2D eigenvalue weighted by Gasteiger charge is -1.91. The fourth-order valence-corrected chi connectivity index (χ4v) is 1.03. The molecule has 0 amide bonds. The second kappa shape index (κ2) is 4.60. The summed E-state index contributed by atoms with van der Waals surface area (Å²) >= 11 is 0. The molecular weight excluding hydrogens is 108 g/mol. The Kier molecular flexibility index (Phi) is 3.51. The van der Waals surface area contributed by atoms with Gasteiger partial charge < -0.3 is 0 Å². The maximum Gasteiger partial charge on any atom is -0.0244 e. The SMILES string of the molecule is C1CCCC1.[C]1=CCC1. The quantitative estimate of drug-likeness (QED) is 0.464. The van der Waals surface area contributed by atoms with Crippen LogP contribution < -0.4 is 0 Å². The number of allylic oxidation sites excluding steroid dienone is 2. The van der Waals surface area contributed by atoms with E-state index in [0.717, 1.165) is 0 Å². The van der Waals surface area contributed by atoms with Gasteiger partial charge in [0.2, 0.25) is 0 Å². The van der Waals surface area contributed by atoms with Crippen LogP contribution in [0.5, 0.6) is 0 Å². The molecule has 2 rings (SSSR count). The number of hydrogen-bond acceptors (Lipinski definition) is 0. The fourth-order valence-electron chi connectivity index (χ4n) is 1.03. The summed E-state index contributed by atoms with van der Waals surface area (Å²) in [5.74, 6) is 0. The molecule has 0 aromatic heterocycles. The third kappa shape index (κ3) is 3.34. The summed E-state index contributed by atoms with van der Waals surface area (Å²) in [6.45, 7) is 0. The van der Waals surface area contributed by atoms with Crippen molar-refractivity contribution in [1.82, 2.24) is 0 Å². The summed E-state index contributed by atoms with van der Waals surface area (Å²) in [7, 11) is 0. The maximum absolute atomic E-state index is 2.99. The van der Waals surface area contributed by atoms with Gasteiger partial charge in [-0.15, -0.1) is 0 Å². The minimum Gasteiger partial charge on any atom is -0.0807 e. The van der Waals surface area contributed by atoms with Crippen LogP contribution in [-0.2, 0) is 0 Å². The van der Waals surface area contributed by atoms with Crippen LogP contribution in [0.3, 0.4) is 0 Å². The summed E-state index contributed by atoms with van der Waals surface area (Å²) < 4.78 is 0. The average molecular weight is 123 g/mol. The van der Waals surface area contributed by atoms with Crippen molar-refractivity contribution in [2.75, 3.05) is 0 Å². The fraction of sp³-hybridized carbons (Fsp3) is 0.778. The highest BCUT2D eigenvalue weighted by molar-refractivity contribution is 4.84. The van der Waals surface area contributed by atoms with E-state index in [9.17, 15) is 0 Å². The van der Waals surface area contributed by atoms with E-state index in [4.69, 9.17) is 0 Å². The van der Waals surface area contributed by atoms with Crippen molar-refractivity contribution in [2.24, 2.45) is 0 Å².